The van der Waals surface area contributed by atoms with E-state index in [1.165, 1.54) is 58.0 Å². The Kier molecular flexibility index (Phi) is 4.66. The van der Waals surface area contributed by atoms with Crippen LogP contribution in [0.5, 0.6) is 0 Å². The molecular weight excluding hydrogens is 196 g/mol. The molecule has 2 nitrogen and oxygen atoms in total. The van der Waals surface area contributed by atoms with Crippen LogP contribution in [0.2, 0.25) is 0 Å². The van der Waals surface area contributed by atoms with Crippen molar-refractivity contribution < 1.29 is 0 Å². The fraction of sp³-hybridized carbons (Fsp3) is 1.00. The van der Waals surface area contributed by atoms with Gasteiger partial charge in [0.05, 0.1) is 0 Å². The van der Waals surface area contributed by atoms with Crippen LogP contribution in [0.4, 0.5) is 0 Å². The molecule has 2 aliphatic rings. The van der Waals surface area contributed by atoms with Gasteiger partial charge in [-0.1, -0.05) is 19.3 Å². The molecule has 0 aromatic rings. The van der Waals surface area contributed by atoms with E-state index in [0.717, 1.165) is 24.4 Å². The van der Waals surface area contributed by atoms with Crippen molar-refractivity contribution in [1.82, 2.24) is 4.90 Å². The number of nitrogens with two attached hydrogens (primary N) is 1. The molecule has 1 aliphatic heterocycles. The van der Waals surface area contributed by atoms with E-state index >= 15 is 0 Å². The predicted octanol–water partition coefficient (Wildman–Crippen LogP) is 2.63. The minimum atomic E-state index is 0.807. The van der Waals surface area contributed by atoms with Crippen LogP contribution < -0.4 is 5.73 Å². The van der Waals surface area contributed by atoms with Crippen LogP contribution in [-0.4, -0.2) is 30.6 Å². The van der Waals surface area contributed by atoms with Crippen LogP contribution in [0.3, 0.4) is 0 Å². The van der Waals surface area contributed by atoms with E-state index in [4.69, 9.17) is 5.73 Å². The minimum absolute atomic E-state index is 0.807. The van der Waals surface area contributed by atoms with Crippen LogP contribution in [0.1, 0.15) is 51.9 Å². The van der Waals surface area contributed by atoms with Crippen molar-refractivity contribution in [2.45, 2.75) is 57.9 Å². The average molecular weight is 224 g/mol. The van der Waals surface area contributed by atoms with Crippen molar-refractivity contribution >= 4 is 0 Å². The third-order valence-electron chi connectivity index (χ3n) is 4.78. The molecule has 2 N–H and O–H groups in total. The second kappa shape index (κ2) is 6.02. The smallest absolute Gasteiger partial charge is 0.00670 e. The first-order valence-corrected chi connectivity index (χ1v) is 7.25. The Labute approximate surface area is 101 Å². The summed E-state index contributed by atoms with van der Waals surface area (Å²) in [5.41, 5.74) is 5.88. The fourth-order valence-electron chi connectivity index (χ4n) is 3.57. The lowest BCUT2D eigenvalue weighted by atomic mass is 9.95. The Morgan fingerprint density at radius 1 is 1.00 bits per heavy atom. The van der Waals surface area contributed by atoms with Crippen molar-refractivity contribution in [1.29, 1.82) is 0 Å². The van der Waals surface area contributed by atoms with Gasteiger partial charge in [0.2, 0.25) is 0 Å². The number of hydrogen-bond acceptors (Lipinski definition) is 2. The molecule has 1 saturated heterocycles. The second-order valence-electron chi connectivity index (χ2n) is 5.88. The molecule has 3 atom stereocenters. The molecule has 0 bridgehead atoms. The summed E-state index contributed by atoms with van der Waals surface area (Å²) in [6, 6.07) is 0.807. The van der Waals surface area contributed by atoms with Crippen molar-refractivity contribution in [3.63, 3.8) is 0 Å². The summed E-state index contributed by atoms with van der Waals surface area (Å²) in [7, 11) is 0. The molecule has 16 heavy (non-hydrogen) atoms. The number of rotatable bonds is 3. The van der Waals surface area contributed by atoms with Crippen molar-refractivity contribution in [3.05, 3.63) is 0 Å². The van der Waals surface area contributed by atoms with Gasteiger partial charge >= 0.3 is 0 Å². The van der Waals surface area contributed by atoms with E-state index in [1.807, 2.05) is 0 Å². The highest BCUT2D eigenvalue weighted by atomic mass is 15.2. The summed E-state index contributed by atoms with van der Waals surface area (Å²) < 4.78 is 0. The van der Waals surface area contributed by atoms with Gasteiger partial charge in [-0.3, -0.25) is 0 Å². The van der Waals surface area contributed by atoms with Crippen LogP contribution >= 0.6 is 0 Å². The molecule has 1 heterocycles. The molecule has 3 unspecified atom stereocenters. The fourth-order valence-corrected chi connectivity index (χ4v) is 3.57. The van der Waals surface area contributed by atoms with E-state index in [-0.39, 0.29) is 0 Å². The van der Waals surface area contributed by atoms with Crippen LogP contribution in [0, 0.1) is 11.8 Å². The van der Waals surface area contributed by atoms with E-state index in [0.29, 0.717) is 0 Å². The Balaban J connectivity index is 1.86. The zero-order chi connectivity index (χ0) is 11.4. The quantitative estimate of drug-likeness (QED) is 0.798. The molecule has 0 spiro atoms. The molecule has 0 radical (unpaired) electrons. The van der Waals surface area contributed by atoms with E-state index < -0.39 is 0 Å². The summed E-state index contributed by atoms with van der Waals surface area (Å²) in [6.45, 7) is 5.97. The summed E-state index contributed by atoms with van der Waals surface area (Å²) in [4.78, 5) is 2.74. The zero-order valence-corrected chi connectivity index (χ0v) is 10.8. The lowest BCUT2D eigenvalue weighted by Crippen LogP contribution is -2.38. The molecule has 2 fully saturated rings. The molecule has 2 rings (SSSR count). The van der Waals surface area contributed by atoms with Gasteiger partial charge in [0, 0.05) is 12.6 Å². The van der Waals surface area contributed by atoms with Crippen molar-refractivity contribution in [3.8, 4) is 0 Å². The maximum Gasteiger partial charge on any atom is 0.00670 e. The van der Waals surface area contributed by atoms with Gasteiger partial charge in [-0.25, -0.2) is 0 Å². The van der Waals surface area contributed by atoms with Gasteiger partial charge in [-0.05, 0) is 57.5 Å². The second-order valence-corrected chi connectivity index (χ2v) is 5.88. The van der Waals surface area contributed by atoms with Gasteiger partial charge in [0.1, 0.15) is 0 Å². The first-order valence-electron chi connectivity index (χ1n) is 7.25. The predicted molar refractivity (Wildman–Crippen MR) is 69.4 cm³/mol. The highest BCUT2D eigenvalue weighted by Gasteiger charge is 2.29. The van der Waals surface area contributed by atoms with Crippen molar-refractivity contribution in [2.75, 3.05) is 19.6 Å². The topological polar surface area (TPSA) is 29.3 Å². The van der Waals surface area contributed by atoms with E-state index in [9.17, 15) is 0 Å². The zero-order valence-electron chi connectivity index (χ0n) is 10.8. The SMILES string of the molecule is CC1CCCCCN1CC1CCCC1CN. The molecule has 0 aromatic heterocycles. The molecule has 0 aromatic carbocycles. The molecular formula is C14H28N2. The lowest BCUT2D eigenvalue weighted by Gasteiger charge is -2.31. The summed E-state index contributed by atoms with van der Waals surface area (Å²) >= 11 is 0. The third kappa shape index (κ3) is 2.98. The largest absolute Gasteiger partial charge is 0.330 e. The number of nitrogens with zero attached hydrogens (tertiary/aromatic N) is 1. The van der Waals surface area contributed by atoms with Crippen molar-refractivity contribution in [2.24, 2.45) is 17.6 Å². The average Bonchev–Trinajstić information content (AvgIpc) is 2.64. The first kappa shape index (κ1) is 12.4. The van der Waals surface area contributed by atoms with Gasteiger partial charge in [-0.15, -0.1) is 0 Å². The van der Waals surface area contributed by atoms with Gasteiger partial charge in [0.25, 0.3) is 0 Å². The van der Waals surface area contributed by atoms with Crippen LogP contribution in [0.15, 0.2) is 0 Å². The van der Waals surface area contributed by atoms with Crippen LogP contribution in [0.25, 0.3) is 0 Å². The monoisotopic (exact) mass is 224 g/mol. The maximum absolute atomic E-state index is 5.88. The summed E-state index contributed by atoms with van der Waals surface area (Å²) in [5.74, 6) is 1.71. The molecule has 2 heteroatoms. The van der Waals surface area contributed by atoms with E-state index in [1.54, 1.807) is 0 Å². The van der Waals surface area contributed by atoms with E-state index in [2.05, 4.69) is 11.8 Å². The maximum atomic E-state index is 5.88. The van der Waals surface area contributed by atoms with Crippen LogP contribution in [-0.2, 0) is 0 Å². The molecule has 1 saturated carbocycles. The van der Waals surface area contributed by atoms with Gasteiger partial charge in [0.15, 0.2) is 0 Å². The minimum Gasteiger partial charge on any atom is -0.330 e. The number of hydrogen-bond donors (Lipinski definition) is 1. The molecule has 94 valence electrons. The standard InChI is InChI=1S/C14H28N2/c1-12-6-3-2-4-9-16(12)11-14-8-5-7-13(14)10-15/h12-14H,2-11,15H2,1H3. The highest BCUT2D eigenvalue weighted by Crippen LogP contribution is 2.32. The lowest BCUT2D eigenvalue weighted by molar-refractivity contribution is 0.164. The first-order chi connectivity index (χ1) is 7.81. The molecule has 0 amide bonds. The number of likely N-dealkylation sites (tertiary alicyclic amines) is 1. The normalized spacial score (nSPS) is 37.5. The molecule has 1 aliphatic carbocycles. The van der Waals surface area contributed by atoms with Gasteiger partial charge < -0.3 is 10.6 Å². The summed E-state index contributed by atoms with van der Waals surface area (Å²) in [5, 5.41) is 0. The van der Waals surface area contributed by atoms with Gasteiger partial charge in [-0.2, -0.15) is 0 Å². The Morgan fingerprint density at radius 3 is 2.62 bits per heavy atom. The summed E-state index contributed by atoms with van der Waals surface area (Å²) in [6.07, 6.45) is 9.89. The third-order valence-corrected chi connectivity index (χ3v) is 4.78. The Hall–Kier alpha value is -0.0800. The Bertz CT molecular complexity index is 205. The Morgan fingerprint density at radius 2 is 1.81 bits per heavy atom. The highest BCUT2D eigenvalue weighted by molar-refractivity contribution is 4.83.